The van der Waals surface area contributed by atoms with E-state index in [1.54, 1.807) is 0 Å². The summed E-state index contributed by atoms with van der Waals surface area (Å²) in [6.45, 7) is 4.89. The molecule has 57 heavy (non-hydrogen) atoms. The molecule has 0 fully saturated rings. The highest BCUT2D eigenvalue weighted by Crippen LogP contribution is 2.43. The van der Waals surface area contributed by atoms with Crippen LogP contribution in [-0.2, 0) is 27.9 Å². The number of hydrogen-bond donors (Lipinski definition) is 2. The summed E-state index contributed by atoms with van der Waals surface area (Å²) in [7, 11) is -4.29. The van der Waals surface area contributed by atoms with Crippen molar-refractivity contribution in [3.8, 4) is 0 Å². The van der Waals surface area contributed by atoms with Crippen molar-refractivity contribution < 1.29 is 32.8 Å². The summed E-state index contributed by atoms with van der Waals surface area (Å²) in [5, 5.41) is 0. The normalized spacial score (nSPS) is 13.8. The van der Waals surface area contributed by atoms with Crippen LogP contribution in [0.2, 0.25) is 0 Å². The van der Waals surface area contributed by atoms with Crippen LogP contribution in [-0.4, -0.2) is 49.9 Å². The minimum absolute atomic E-state index is 0.0958. The van der Waals surface area contributed by atoms with E-state index in [1.807, 2.05) is 0 Å². The Morgan fingerprint density at radius 1 is 0.526 bits per heavy atom. The molecule has 0 aliphatic carbocycles. The van der Waals surface area contributed by atoms with Gasteiger partial charge in [-0.3, -0.25) is 13.8 Å². The van der Waals surface area contributed by atoms with Crippen LogP contribution in [0.4, 0.5) is 0 Å². The molecule has 0 aromatic carbocycles. The quantitative estimate of drug-likeness (QED) is 0.0270. The van der Waals surface area contributed by atoms with Crippen LogP contribution in [0.1, 0.15) is 213 Å². The Kier molecular flexibility index (Phi) is 44.3. The maximum atomic E-state index is 12.6. The molecule has 0 heterocycles. The monoisotopic (exact) mass is 824 g/mol. The van der Waals surface area contributed by atoms with Crippen LogP contribution >= 0.6 is 7.82 Å². The average Bonchev–Trinajstić information content (AvgIpc) is 3.20. The van der Waals surface area contributed by atoms with Crippen LogP contribution in [0.15, 0.2) is 48.6 Å². The Morgan fingerprint density at radius 2 is 0.930 bits per heavy atom. The van der Waals surface area contributed by atoms with Gasteiger partial charge in [0, 0.05) is 19.6 Å². The number of unbranched alkanes of at least 4 members (excludes halogenated alkanes) is 24. The van der Waals surface area contributed by atoms with E-state index in [2.05, 4.69) is 62.5 Å². The number of esters is 1. The van der Waals surface area contributed by atoms with E-state index in [4.69, 9.17) is 24.3 Å². The molecule has 0 rings (SSSR count). The van der Waals surface area contributed by atoms with Crippen molar-refractivity contribution >= 4 is 13.8 Å². The SMILES string of the molecule is CCCCCCC/C=C\C/C=C\C/C=C\CCCCCCCCC(=O)OC(COCCCCCCCC/C=C\CCCCCCCCC)COP(=O)(O)OCCN. The standard InChI is InChI=1S/C48H90NO7P/c1-3-5-7-9-11-13-15-17-19-21-22-23-24-25-27-29-31-33-35-37-39-41-48(50)56-47(46-55-57(51,52)54-44-42-49)45-53-43-40-38-36-34-32-30-28-26-20-18-16-14-12-10-8-6-4-2/h15,17,20-22,24-26,47H,3-14,16,18-19,23,27-46,49H2,1-2H3,(H,51,52)/b17-15-,22-21-,25-24-,26-20-. The smallest absolute Gasteiger partial charge is 0.457 e. The highest BCUT2D eigenvalue weighted by molar-refractivity contribution is 7.47. The molecule has 0 saturated heterocycles. The first-order valence-electron chi connectivity index (χ1n) is 23.6. The molecule has 9 heteroatoms. The molecule has 0 aliphatic heterocycles. The van der Waals surface area contributed by atoms with Crippen molar-refractivity contribution in [3.05, 3.63) is 48.6 Å². The second-order valence-electron chi connectivity index (χ2n) is 15.6. The molecular formula is C48H90NO7P. The Balaban J connectivity index is 4.04. The zero-order chi connectivity index (χ0) is 41.6. The van der Waals surface area contributed by atoms with Crippen LogP contribution < -0.4 is 5.73 Å². The van der Waals surface area contributed by atoms with Gasteiger partial charge in [-0.1, -0.05) is 178 Å². The molecule has 0 aromatic rings. The fourth-order valence-corrected chi connectivity index (χ4v) is 7.23. The number of carbonyl (C=O) groups is 1. The maximum Gasteiger partial charge on any atom is 0.472 e. The van der Waals surface area contributed by atoms with Crippen molar-refractivity contribution in [2.75, 3.05) is 33.0 Å². The molecule has 0 aliphatic rings. The number of carbonyl (C=O) groups excluding carboxylic acids is 1. The first kappa shape index (κ1) is 55.5. The van der Waals surface area contributed by atoms with Gasteiger partial charge in [0.15, 0.2) is 0 Å². The number of phosphoric acid groups is 1. The molecule has 2 unspecified atom stereocenters. The van der Waals surface area contributed by atoms with Crippen LogP contribution in [0, 0.1) is 0 Å². The Morgan fingerprint density at radius 3 is 1.40 bits per heavy atom. The lowest BCUT2D eigenvalue weighted by Gasteiger charge is -2.20. The van der Waals surface area contributed by atoms with E-state index >= 15 is 0 Å². The number of rotatable bonds is 45. The minimum atomic E-state index is -4.29. The molecule has 2 atom stereocenters. The largest absolute Gasteiger partial charge is 0.472 e. The number of allylic oxidation sites excluding steroid dienone is 8. The van der Waals surface area contributed by atoms with Crippen molar-refractivity contribution in [2.24, 2.45) is 5.73 Å². The summed E-state index contributed by atoms with van der Waals surface area (Å²) in [4.78, 5) is 22.5. The Labute approximate surface area is 351 Å². The molecule has 0 bridgehead atoms. The van der Waals surface area contributed by atoms with Crippen molar-refractivity contribution in [1.29, 1.82) is 0 Å². The van der Waals surface area contributed by atoms with Gasteiger partial charge in [0.2, 0.25) is 0 Å². The van der Waals surface area contributed by atoms with Gasteiger partial charge in [0.25, 0.3) is 0 Å². The maximum absolute atomic E-state index is 12.6. The van der Waals surface area contributed by atoms with E-state index in [0.717, 1.165) is 57.8 Å². The Hall–Kier alpha value is -1.54. The third-order valence-corrected chi connectivity index (χ3v) is 11.0. The molecule has 334 valence electrons. The summed E-state index contributed by atoms with van der Waals surface area (Å²) >= 11 is 0. The second-order valence-corrected chi connectivity index (χ2v) is 17.1. The van der Waals surface area contributed by atoms with E-state index in [-0.39, 0.29) is 32.3 Å². The minimum Gasteiger partial charge on any atom is -0.457 e. The predicted octanol–water partition coefficient (Wildman–Crippen LogP) is 14.4. The second kappa shape index (κ2) is 45.5. The molecule has 0 spiro atoms. The van der Waals surface area contributed by atoms with E-state index in [0.29, 0.717) is 13.0 Å². The highest BCUT2D eigenvalue weighted by atomic mass is 31.2. The summed E-state index contributed by atoms with van der Waals surface area (Å²) in [6.07, 6.45) is 54.1. The van der Waals surface area contributed by atoms with Gasteiger partial charge < -0.3 is 20.1 Å². The van der Waals surface area contributed by atoms with Gasteiger partial charge in [0.05, 0.1) is 19.8 Å². The van der Waals surface area contributed by atoms with Crippen molar-refractivity contribution in [1.82, 2.24) is 0 Å². The summed E-state index contributed by atoms with van der Waals surface area (Å²) in [5.74, 6) is -0.344. The zero-order valence-corrected chi connectivity index (χ0v) is 38.0. The van der Waals surface area contributed by atoms with Gasteiger partial charge in [0.1, 0.15) is 6.10 Å². The fourth-order valence-electron chi connectivity index (χ4n) is 6.47. The van der Waals surface area contributed by atoms with E-state index in [9.17, 15) is 14.3 Å². The van der Waals surface area contributed by atoms with Gasteiger partial charge in [-0.25, -0.2) is 4.57 Å². The third-order valence-electron chi connectivity index (χ3n) is 9.97. The fraction of sp³-hybridized carbons (Fsp3) is 0.812. The van der Waals surface area contributed by atoms with Crippen molar-refractivity contribution in [2.45, 2.75) is 219 Å². The lowest BCUT2D eigenvalue weighted by atomic mass is 10.1. The van der Waals surface area contributed by atoms with Crippen LogP contribution in [0.25, 0.3) is 0 Å². The van der Waals surface area contributed by atoms with Gasteiger partial charge in [-0.2, -0.15) is 0 Å². The average molecular weight is 824 g/mol. The summed E-state index contributed by atoms with van der Waals surface area (Å²) in [5.41, 5.74) is 5.38. The molecule has 0 aromatic heterocycles. The van der Waals surface area contributed by atoms with Crippen LogP contribution in [0.5, 0.6) is 0 Å². The van der Waals surface area contributed by atoms with Gasteiger partial charge >= 0.3 is 13.8 Å². The topological polar surface area (TPSA) is 117 Å². The number of nitrogens with two attached hydrogens (primary N) is 1. The third kappa shape index (κ3) is 45.4. The molecule has 3 N–H and O–H groups in total. The number of phosphoric ester groups is 1. The molecule has 0 amide bonds. The van der Waals surface area contributed by atoms with E-state index < -0.39 is 13.9 Å². The summed E-state index contributed by atoms with van der Waals surface area (Å²) < 4.78 is 33.5. The highest BCUT2D eigenvalue weighted by Gasteiger charge is 2.25. The molecule has 8 nitrogen and oxygen atoms in total. The van der Waals surface area contributed by atoms with Crippen molar-refractivity contribution in [3.63, 3.8) is 0 Å². The Bertz CT molecular complexity index is 1010. The summed E-state index contributed by atoms with van der Waals surface area (Å²) in [6, 6.07) is 0. The lowest BCUT2D eigenvalue weighted by molar-refractivity contribution is -0.154. The molecule has 0 radical (unpaired) electrons. The first-order chi connectivity index (χ1) is 27.9. The number of ether oxygens (including phenoxy) is 2. The molecule has 0 saturated carbocycles. The van der Waals surface area contributed by atoms with Gasteiger partial charge in [-0.05, 0) is 77.0 Å². The van der Waals surface area contributed by atoms with Crippen LogP contribution in [0.3, 0.4) is 0 Å². The van der Waals surface area contributed by atoms with Gasteiger partial charge in [-0.15, -0.1) is 0 Å². The van der Waals surface area contributed by atoms with E-state index in [1.165, 1.54) is 135 Å². The zero-order valence-electron chi connectivity index (χ0n) is 37.1. The molecular weight excluding hydrogens is 734 g/mol. The lowest BCUT2D eigenvalue weighted by Crippen LogP contribution is -2.28. The number of hydrogen-bond acceptors (Lipinski definition) is 7. The first-order valence-corrected chi connectivity index (χ1v) is 25.1. The predicted molar refractivity (Wildman–Crippen MR) is 243 cm³/mol.